The van der Waals surface area contributed by atoms with E-state index in [1.54, 1.807) is 6.20 Å². The highest BCUT2D eigenvalue weighted by Crippen LogP contribution is 2.32. The lowest BCUT2D eigenvalue weighted by Gasteiger charge is -2.21. The van der Waals surface area contributed by atoms with E-state index in [-0.39, 0.29) is 0 Å². The summed E-state index contributed by atoms with van der Waals surface area (Å²) in [5.74, 6) is 0. The molecular weight excluding hydrogens is 210 g/mol. The van der Waals surface area contributed by atoms with Crippen LogP contribution in [0.1, 0.15) is 16.7 Å². The second-order valence-corrected chi connectivity index (χ2v) is 4.88. The van der Waals surface area contributed by atoms with Crippen LogP contribution in [0.5, 0.6) is 0 Å². The number of nitrogens with zero attached hydrogens (tertiary/aromatic N) is 1. The molecule has 86 valence electrons. The molecule has 1 aromatic heterocycles. The van der Waals surface area contributed by atoms with E-state index in [0.717, 1.165) is 18.4 Å². The van der Waals surface area contributed by atoms with Crippen molar-refractivity contribution in [1.82, 2.24) is 4.98 Å². The molecule has 1 heterocycles. The number of hydrogen-bond acceptors (Lipinski definition) is 2. The highest BCUT2D eigenvalue weighted by molar-refractivity contribution is 5.36. The van der Waals surface area contributed by atoms with Gasteiger partial charge in [0, 0.05) is 31.7 Å². The molecular formula is C15H15NO. The summed E-state index contributed by atoms with van der Waals surface area (Å²) in [4.78, 5) is 4.10. The van der Waals surface area contributed by atoms with Gasteiger partial charge in [-0.25, -0.2) is 0 Å². The maximum absolute atomic E-state index is 10.6. The van der Waals surface area contributed by atoms with E-state index in [9.17, 15) is 5.11 Å². The van der Waals surface area contributed by atoms with Gasteiger partial charge in [0.05, 0.1) is 5.60 Å². The Bertz CT molecular complexity index is 496. The summed E-state index contributed by atoms with van der Waals surface area (Å²) in [6, 6.07) is 12.2. The number of fused-ring (bicyclic) bond motifs is 1. The van der Waals surface area contributed by atoms with Crippen molar-refractivity contribution in [3.05, 3.63) is 65.5 Å². The minimum Gasteiger partial charge on any atom is -0.389 e. The van der Waals surface area contributed by atoms with Gasteiger partial charge in [-0.2, -0.15) is 0 Å². The van der Waals surface area contributed by atoms with Crippen molar-refractivity contribution in [1.29, 1.82) is 0 Å². The minimum atomic E-state index is -0.632. The summed E-state index contributed by atoms with van der Waals surface area (Å²) >= 11 is 0. The van der Waals surface area contributed by atoms with Crippen molar-refractivity contribution in [2.75, 3.05) is 0 Å². The zero-order chi connectivity index (χ0) is 11.7. The molecule has 0 aliphatic heterocycles. The molecule has 0 bridgehead atoms. The third-order valence-electron chi connectivity index (χ3n) is 3.41. The van der Waals surface area contributed by atoms with Crippen LogP contribution in [0.3, 0.4) is 0 Å². The van der Waals surface area contributed by atoms with Gasteiger partial charge in [-0.1, -0.05) is 30.3 Å². The first kappa shape index (κ1) is 10.5. The standard InChI is InChI=1S/C15H15NO/c17-15(8-12-4-3-7-16-11-12)9-13-5-1-2-6-14(13)10-15/h1-7,11,17H,8-10H2. The maximum atomic E-state index is 10.6. The van der Waals surface area contributed by atoms with Gasteiger partial charge in [0.15, 0.2) is 0 Å². The SMILES string of the molecule is OC1(Cc2cccnc2)Cc2ccccc2C1. The van der Waals surface area contributed by atoms with Gasteiger partial charge < -0.3 is 5.11 Å². The molecule has 1 N–H and O–H groups in total. The Balaban J connectivity index is 1.82. The first-order valence-electron chi connectivity index (χ1n) is 5.93. The second kappa shape index (κ2) is 3.97. The number of aromatic nitrogens is 1. The zero-order valence-corrected chi connectivity index (χ0v) is 9.63. The van der Waals surface area contributed by atoms with Crippen molar-refractivity contribution in [2.45, 2.75) is 24.9 Å². The van der Waals surface area contributed by atoms with Gasteiger partial charge in [0.25, 0.3) is 0 Å². The summed E-state index contributed by atoms with van der Waals surface area (Å²) in [5, 5.41) is 10.6. The largest absolute Gasteiger partial charge is 0.389 e. The first-order valence-corrected chi connectivity index (χ1v) is 5.93. The van der Waals surface area contributed by atoms with Crippen LogP contribution in [0.15, 0.2) is 48.8 Å². The number of pyridine rings is 1. The molecule has 3 rings (SSSR count). The molecule has 0 saturated carbocycles. The van der Waals surface area contributed by atoms with Crippen molar-refractivity contribution < 1.29 is 5.11 Å². The van der Waals surface area contributed by atoms with Crippen molar-refractivity contribution in [2.24, 2.45) is 0 Å². The summed E-state index contributed by atoms with van der Waals surface area (Å²) < 4.78 is 0. The highest BCUT2D eigenvalue weighted by Gasteiger charge is 2.34. The predicted molar refractivity (Wildman–Crippen MR) is 66.7 cm³/mol. The summed E-state index contributed by atoms with van der Waals surface area (Å²) in [6.07, 6.45) is 5.77. The monoisotopic (exact) mass is 225 g/mol. The van der Waals surface area contributed by atoms with Gasteiger partial charge in [-0.05, 0) is 22.8 Å². The fourth-order valence-electron chi connectivity index (χ4n) is 2.68. The third kappa shape index (κ3) is 2.08. The van der Waals surface area contributed by atoms with Gasteiger partial charge >= 0.3 is 0 Å². The molecule has 0 radical (unpaired) electrons. The zero-order valence-electron chi connectivity index (χ0n) is 9.63. The van der Waals surface area contributed by atoms with Crippen LogP contribution in [0.25, 0.3) is 0 Å². The Kier molecular flexibility index (Phi) is 2.45. The minimum absolute atomic E-state index is 0.632. The lowest BCUT2D eigenvalue weighted by atomic mass is 9.92. The molecule has 0 spiro atoms. The van der Waals surface area contributed by atoms with Crippen molar-refractivity contribution >= 4 is 0 Å². The number of hydrogen-bond donors (Lipinski definition) is 1. The van der Waals surface area contributed by atoms with Gasteiger partial charge in [0.2, 0.25) is 0 Å². The Labute approximate surface area is 101 Å². The van der Waals surface area contributed by atoms with E-state index < -0.39 is 5.60 Å². The van der Waals surface area contributed by atoms with Crippen LogP contribution in [0.2, 0.25) is 0 Å². The molecule has 0 fully saturated rings. The third-order valence-corrected chi connectivity index (χ3v) is 3.41. The van der Waals surface area contributed by atoms with E-state index in [4.69, 9.17) is 0 Å². The summed E-state index contributed by atoms with van der Waals surface area (Å²) in [7, 11) is 0. The Morgan fingerprint density at radius 1 is 1.06 bits per heavy atom. The molecule has 2 heteroatoms. The number of rotatable bonds is 2. The Morgan fingerprint density at radius 2 is 1.76 bits per heavy atom. The van der Waals surface area contributed by atoms with E-state index in [2.05, 4.69) is 17.1 Å². The highest BCUT2D eigenvalue weighted by atomic mass is 16.3. The molecule has 0 unspecified atom stereocenters. The van der Waals surface area contributed by atoms with Crippen LogP contribution in [-0.4, -0.2) is 15.7 Å². The van der Waals surface area contributed by atoms with Crippen molar-refractivity contribution in [3.63, 3.8) is 0 Å². The molecule has 0 amide bonds. The Hall–Kier alpha value is -1.67. The number of aliphatic hydroxyl groups is 1. The van der Waals surface area contributed by atoms with E-state index in [0.29, 0.717) is 6.42 Å². The summed E-state index contributed by atoms with van der Waals surface area (Å²) in [5.41, 5.74) is 3.02. The average molecular weight is 225 g/mol. The van der Waals surface area contributed by atoms with Gasteiger partial charge in [-0.3, -0.25) is 4.98 Å². The maximum Gasteiger partial charge on any atom is 0.0768 e. The van der Waals surface area contributed by atoms with Gasteiger partial charge in [0.1, 0.15) is 0 Å². The first-order chi connectivity index (χ1) is 8.25. The number of benzene rings is 1. The molecule has 1 aliphatic carbocycles. The van der Waals surface area contributed by atoms with Crippen LogP contribution in [0, 0.1) is 0 Å². The summed E-state index contributed by atoms with van der Waals surface area (Å²) in [6.45, 7) is 0. The molecule has 17 heavy (non-hydrogen) atoms. The molecule has 0 saturated heterocycles. The normalized spacial score (nSPS) is 16.8. The van der Waals surface area contributed by atoms with E-state index in [1.165, 1.54) is 11.1 Å². The Morgan fingerprint density at radius 3 is 2.35 bits per heavy atom. The average Bonchev–Trinajstić information content (AvgIpc) is 2.66. The fraction of sp³-hybridized carbons (Fsp3) is 0.267. The van der Waals surface area contributed by atoms with Crippen molar-refractivity contribution in [3.8, 4) is 0 Å². The van der Waals surface area contributed by atoms with Crippen LogP contribution >= 0.6 is 0 Å². The van der Waals surface area contributed by atoms with Crippen LogP contribution in [-0.2, 0) is 19.3 Å². The molecule has 0 atom stereocenters. The molecule has 1 aromatic carbocycles. The second-order valence-electron chi connectivity index (χ2n) is 4.88. The van der Waals surface area contributed by atoms with Crippen LogP contribution in [0.4, 0.5) is 0 Å². The fourth-order valence-corrected chi connectivity index (χ4v) is 2.68. The predicted octanol–water partition coefficient (Wildman–Crippen LogP) is 2.15. The molecule has 2 aromatic rings. The van der Waals surface area contributed by atoms with E-state index in [1.807, 2.05) is 30.5 Å². The smallest absolute Gasteiger partial charge is 0.0768 e. The van der Waals surface area contributed by atoms with Gasteiger partial charge in [-0.15, -0.1) is 0 Å². The topological polar surface area (TPSA) is 33.1 Å². The lowest BCUT2D eigenvalue weighted by molar-refractivity contribution is 0.0517. The quantitative estimate of drug-likeness (QED) is 0.849. The molecule has 2 nitrogen and oxygen atoms in total. The van der Waals surface area contributed by atoms with E-state index >= 15 is 0 Å². The molecule has 1 aliphatic rings. The van der Waals surface area contributed by atoms with Crippen LogP contribution < -0.4 is 0 Å². The lowest BCUT2D eigenvalue weighted by Crippen LogP contribution is -2.32.